The van der Waals surface area contributed by atoms with E-state index in [1.807, 2.05) is 20.8 Å². The first-order valence-electron chi connectivity index (χ1n) is 17.0. The Bertz CT molecular complexity index is 1210. The van der Waals surface area contributed by atoms with Crippen molar-refractivity contribution in [2.75, 3.05) is 26.2 Å². The van der Waals surface area contributed by atoms with E-state index in [-0.39, 0.29) is 42.5 Å². The molecule has 11 heteroatoms. The van der Waals surface area contributed by atoms with Crippen molar-refractivity contribution in [3.05, 3.63) is 36.0 Å². The van der Waals surface area contributed by atoms with Crippen LogP contribution in [-0.4, -0.2) is 111 Å². The number of cyclic esters (lactones) is 1. The molecule has 0 spiro atoms. The average molecular weight is 661 g/mol. The maximum absolute atomic E-state index is 13.2. The largest absolute Gasteiger partial charge is 0.457 e. The zero-order chi connectivity index (χ0) is 35.1. The number of amides is 1. The Balaban J connectivity index is 1.74. The monoisotopic (exact) mass is 660 g/mol. The van der Waals surface area contributed by atoms with Crippen LogP contribution in [0.4, 0.5) is 4.79 Å². The summed E-state index contributed by atoms with van der Waals surface area (Å²) >= 11 is 0. The van der Waals surface area contributed by atoms with Gasteiger partial charge in [0.1, 0.15) is 29.7 Å². The zero-order valence-corrected chi connectivity index (χ0v) is 29.4. The van der Waals surface area contributed by atoms with Crippen molar-refractivity contribution >= 4 is 23.6 Å². The molecule has 0 bridgehead atoms. The summed E-state index contributed by atoms with van der Waals surface area (Å²) < 4.78 is 17.3. The number of carbonyl (C=O) groups excluding carboxylic acids is 4. The van der Waals surface area contributed by atoms with Gasteiger partial charge in [-0.3, -0.25) is 19.3 Å². The van der Waals surface area contributed by atoms with Crippen molar-refractivity contribution in [2.45, 2.75) is 129 Å². The van der Waals surface area contributed by atoms with Gasteiger partial charge in [-0.25, -0.2) is 4.79 Å². The van der Waals surface area contributed by atoms with E-state index in [0.29, 0.717) is 37.5 Å². The van der Waals surface area contributed by atoms with E-state index in [9.17, 15) is 29.4 Å². The number of rotatable bonds is 10. The zero-order valence-electron chi connectivity index (χ0n) is 29.4. The quantitative estimate of drug-likeness (QED) is 0.115. The number of piperazine rings is 1. The predicted molar refractivity (Wildman–Crippen MR) is 177 cm³/mol. The molecule has 3 aliphatic heterocycles. The smallest absolute Gasteiger partial charge is 0.410 e. The first kappa shape index (κ1) is 38.6. The SMILES string of the molecule is CCC(=O)C(C)C1OC1CC(C)(O)/C=C/C=C(\C)C1OC(=O)CC(=O)CCC(C)(O)C(OC(=O)N2CCN(C(C)C)CC2)/C=C\C1C. The summed E-state index contributed by atoms with van der Waals surface area (Å²) in [7, 11) is 0. The topological polar surface area (TPSA) is 146 Å². The van der Waals surface area contributed by atoms with Gasteiger partial charge < -0.3 is 29.3 Å². The molecule has 0 saturated carbocycles. The lowest BCUT2D eigenvalue weighted by atomic mass is 9.89. The molecule has 11 nitrogen and oxygen atoms in total. The number of ether oxygens (including phenoxy) is 3. The number of carbonyl (C=O) groups is 4. The van der Waals surface area contributed by atoms with Gasteiger partial charge in [-0.05, 0) is 52.7 Å². The van der Waals surface area contributed by atoms with Crippen LogP contribution in [0.2, 0.25) is 0 Å². The molecule has 0 aromatic heterocycles. The molecule has 47 heavy (non-hydrogen) atoms. The van der Waals surface area contributed by atoms with Crippen LogP contribution < -0.4 is 0 Å². The number of aliphatic hydroxyl groups is 2. The molecule has 3 rings (SSSR count). The lowest BCUT2D eigenvalue weighted by molar-refractivity contribution is -0.151. The van der Waals surface area contributed by atoms with Crippen molar-refractivity contribution in [3.8, 4) is 0 Å². The van der Waals surface area contributed by atoms with Crippen LogP contribution in [0, 0.1) is 11.8 Å². The van der Waals surface area contributed by atoms with E-state index in [0.717, 1.165) is 13.1 Å². The number of hydrogen-bond donors (Lipinski definition) is 2. The molecule has 3 aliphatic rings. The summed E-state index contributed by atoms with van der Waals surface area (Å²) in [5.41, 5.74) is -2.08. The van der Waals surface area contributed by atoms with Gasteiger partial charge in [-0.1, -0.05) is 45.1 Å². The number of allylic oxidation sites excluding steroid dienone is 2. The molecule has 264 valence electrons. The van der Waals surface area contributed by atoms with Crippen molar-refractivity contribution in [1.29, 1.82) is 0 Å². The number of nitrogens with zero attached hydrogens (tertiary/aromatic N) is 2. The van der Waals surface area contributed by atoms with Crippen molar-refractivity contribution in [3.63, 3.8) is 0 Å². The van der Waals surface area contributed by atoms with Crippen molar-refractivity contribution in [2.24, 2.45) is 11.8 Å². The van der Waals surface area contributed by atoms with Crippen LogP contribution >= 0.6 is 0 Å². The van der Waals surface area contributed by atoms with Gasteiger partial charge >= 0.3 is 12.1 Å². The molecule has 0 aliphatic carbocycles. The number of ketones is 2. The van der Waals surface area contributed by atoms with Gasteiger partial charge in [0, 0.05) is 63.3 Å². The number of esters is 1. The van der Waals surface area contributed by atoms with Gasteiger partial charge in [0.25, 0.3) is 0 Å². The lowest BCUT2D eigenvalue weighted by Crippen LogP contribution is -2.52. The molecule has 1 amide bonds. The third kappa shape index (κ3) is 11.4. The normalized spacial score (nSPS) is 32.6. The van der Waals surface area contributed by atoms with E-state index in [2.05, 4.69) is 18.7 Å². The Morgan fingerprint density at radius 2 is 1.83 bits per heavy atom. The van der Waals surface area contributed by atoms with Crippen LogP contribution in [0.1, 0.15) is 87.5 Å². The molecule has 2 N–H and O–H groups in total. The molecule has 8 atom stereocenters. The van der Waals surface area contributed by atoms with Crippen LogP contribution in [0.15, 0.2) is 36.0 Å². The minimum absolute atomic E-state index is 0.00442. The van der Waals surface area contributed by atoms with Gasteiger partial charge in [-0.15, -0.1) is 0 Å². The van der Waals surface area contributed by atoms with Crippen LogP contribution in [-0.2, 0) is 28.6 Å². The van der Waals surface area contributed by atoms with E-state index >= 15 is 0 Å². The summed E-state index contributed by atoms with van der Waals surface area (Å²) in [5.74, 6) is -1.54. The second-order valence-corrected chi connectivity index (χ2v) is 14.2. The molecular weight excluding hydrogens is 604 g/mol. The second kappa shape index (κ2) is 16.5. The summed E-state index contributed by atoms with van der Waals surface area (Å²) in [5, 5.41) is 22.3. The lowest BCUT2D eigenvalue weighted by Gasteiger charge is -2.38. The minimum atomic E-state index is -1.55. The third-order valence-corrected chi connectivity index (χ3v) is 9.57. The highest BCUT2D eigenvalue weighted by molar-refractivity contribution is 5.95. The molecule has 0 aromatic rings. The summed E-state index contributed by atoms with van der Waals surface area (Å²) in [6.07, 6.45) is 5.97. The Morgan fingerprint density at radius 1 is 1.17 bits per heavy atom. The van der Waals surface area contributed by atoms with E-state index in [1.54, 1.807) is 49.1 Å². The number of Topliss-reactive ketones (excluding diaryl/α,β-unsaturated/α-hetero) is 2. The van der Waals surface area contributed by atoms with E-state index < -0.39 is 47.8 Å². The standard InChI is InChI=1S/C36H56N2O9/c1-9-28(40)26(6)33-29(45-33)22-35(7,43)15-10-11-24(4)32-25(5)12-13-30(36(8,44)16-14-27(39)21-31(41)47-32)46-34(42)38-19-17-37(18-20-38)23(2)3/h10-13,15,23,25-26,29-30,32-33,43-44H,9,14,16-22H2,1-8H3/b13-12-,15-10+,24-11+. The maximum atomic E-state index is 13.2. The van der Waals surface area contributed by atoms with E-state index in [1.165, 1.54) is 6.92 Å². The van der Waals surface area contributed by atoms with Crippen LogP contribution in [0.5, 0.6) is 0 Å². The highest BCUT2D eigenvalue weighted by Gasteiger charge is 2.47. The Hall–Kier alpha value is -2.86. The fourth-order valence-electron chi connectivity index (χ4n) is 6.18. The van der Waals surface area contributed by atoms with Gasteiger partial charge in [0.2, 0.25) is 0 Å². The van der Waals surface area contributed by atoms with Crippen LogP contribution in [0.25, 0.3) is 0 Å². The molecule has 3 heterocycles. The Labute approximate surface area is 280 Å². The first-order valence-corrected chi connectivity index (χ1v) is 17.0. The molecular formula is C36H56N2O9. The molecule has 8 unspecified atom stereocenters. The maximum Gasteiger partial charge on any atom is 0.410 e. The van der Waals surface area contributed by atoms with Crippen LogP contribution in [0.3, 0.4) is 0 Å². The molecule has 2 saturated heterocycles. The van der Waals surface area contributed by atoms with Gasteiger partial charge in [0.05, 0.1) is 17.8 Å². The van der Waals surface area contributed by atoms with Gasteiger partial charge in [0.15, 0.2) is 6.10 Å². The highest BCUT2D eigenvalue weighted by atomic mass is 16.6. The second-order valence-electron chi connectivity index (χ2n) is 14.2. The summed E-state index contributed by atoms with van der Waals surface area (Å²) in [6, 6.07) is 0.378. The fraction of sp³-hybridized carbons (Fsp3) is 0.722. The Morgan fingerprint density at radius 3 is 2.45 bits per heavy atom. The third-order valence-electron chi connectivity index (χ3n) is 9.57. The summed E-state index contributed by atoms with van der Waals surface area (Å²) in [4.78, 5) is 54.6. The van der Waals surface area contributed by atoms with Crippen molar-refractivity contribution < 1.29 is 43.6 Å². The first-order chi connectivity index (χ1) is 21.9. The van der Waals surface area contributed by atoms with Crippen molar-refractivity contribution in [1.82, 2.24) is 9.80 Å². The number of epoxide rings is 1. The predicted octanol–water partition coefficient (Wildman–Crippen LogP) is 4.15. The fourth-order valence-corrected chi connectivity index (χ4v) is 6.18. The molecule has 0 radical (unpaired) electrons. The highest BCUT2D eigenvalue weighted by Crippen LogP contribution is 2.36. The number of hydrogen-bond acceptors (Lipinski definition) is 10. The average Bonchev–Trinajstić information content (AvgIpc) is 3.77. The van der Waals surface area contributed by atoms with E-state index in [4.69, 9.17) is 14.2 Å². The Kier molecular flexibility index (Phi) is 13.5. The summed E-state index contributed by atoms with van der Waals surface area (Å²) in [6.45, 7) is 17.2. The van der Waals surface area contributed by atoms with Gasteiger partial charge in [-0.2, -0.15) is 0 Å². The minimum Gasteiger partial charge on any atom is -0.457 e. The molecule has 2 fully saturated rings. The molecule has 0 aromatic carbocycles.